The summed E-state index contributed by atoms with van der Waals surface area (Å²) in [5.41, 5.74) is -0.398. The van der Waals surface area contributed by atoms with Gasteiger partial charge in [0.05, 0.1) is 29.3 Å². The van der Waals surface area contributed by atoms with Gasteiger partial charge < -0.3 is 10.0 Å². The van der Waals surface area contributed by atoms with Gasteiger partial charge in [-0.1, -0.05) is 23.2 Å². The van der Waals surface area contributed by atoms with E-state index in [1.165, 1.54) is 4.90 Å². The van der Waals surface area contributed by atoms with Crippen LogP contribution in [0.25, 0.3) is 0 Å². The molecule has 3 nitrogen and oxygen atoms in total. The van der Waals surface area contributed by atoms with Gasteiger partial charge >= 0.3 is 0 Å². The Morgan fingerprint density at radius 1 is 1.44 bits per heavy atom. The van der Waals surface area contributed by atoms with E-state index in [-0.39, 0.29) is 5.91 Å². The Morgan fingerprint density at radius 2 is 2.06 bits per heavy atom. The van der Waals surface area contributed by atoms with Gasteiger partial charge in [0.15, 0.2) is 0 Å². The fourth-order valence-corrected chi connectivity index (χ4v) is 2.12. The van der Waals surface area contributed by atoms with E-state index < -0.39 is 5.60 Å². The third-order valence-corrected chi connectivity index (χ3v) is 3.07. The van der Waals surface area contributed by atoms with Crippen molar-refractivity contribution in [1.29, 1.82) is 0 Å². The number of amides is 1. The molecule has 5 heteroatoms. The van der Waals surface area contributed by atoms with Gasteiger partial charge in [-0.25, -0.2) is 0 Å². The lowest BCUT2D eigenvalue weighted by Gasteiger charge is -2.44. The molecule has 0 aromatic heterocycles. The Hall–Kier alpha value is -0.770. The number of aliphatic hydroxyl groups is 1. The Morgan fingerprint density at radius 3 is 2.62 bits per heavy atom. The topological polar surface area (TPSA) is 40.5 Å². The van der Waals surface area contributed by atoms with Crippen LogP contribution in [0.3, 0.4) is 0 Å². The van der Waals surface area contributed by atoms with Gasteiger partial charge in [0, 0.05) is 5.02 Å². The summed E-state index contributed by atoms with van der Waals surface area (Å²) in [5.74, 6) is -0.195. The average molecular weight is 260 g/mol. The third kappa shape index (κ3) is 2.17. The van der Waals surface area contributed by atoms with Crippen molar-refractivity contribution in [3.05, 3.63) is 33.8 Å². The molecule has 0 atom stereocenters. The number of rotatable bonds is 1. The number of hydrogen-bond acceptors (Lipinski definition) is 2. The van der Waals surface area contributed by atoms with Crippen molar-refractivity contribution >= 4 is 29.1 Å². The summed E-state index contributed by atoms with van der Waals surface area (Å²) in [7, 11) is 0. The summed E-state index contributed by atoms with van der Waals surface area (Å²) < 4.78 is 0. The molecule has 16 heavy (non-hydrogen) atoms. The largest absolute Gasteiger partial charge is 0.386 e. The first-order valence-corrected chi connectivity index (χ1v) is 5.61. The zero-order valence-corrected chi connectivity index (χ0v) is 10.2. The molecule has 1 N–H and O–H groups in total. The number of halogens is 2. The first-order chi connectivity index (χ1) is 7.39. The van der Waals surface area contributed by atoms with Crippen LogP contribution in [0.2, 0.25) is 10.0 Å². The van der Waals surface area contributed by atoms with Crippen molar-refractivity contribution in [3.63, 3.8) is 0 Å². The van der Waals surface area contributed by atoms with Crippen molar-refractivity contribution in [2.24, 2.45) is 0 Å². The number of carbonyl (C=O) groups is 1. The maximum absolute atomic E-state index is 12.0. The SMILES string of the molecule is CC1(O)CN(C(=O)c2cc(Cl)ccc2Cl)C1. The second-order valence-electron chi connectivity index (χ2n) is 4.28. The molecule has 0 unspecified atom stereocenters. The Bertz CT molecular complexity index is 438. The first kappa shape index (κ1) is 11.7. The highest BCUT2D eigenvalue weighted by molar-refractivity contribution is 6.35. The van der Waals surface area contributed by atoms with Crippen LogP contribution >= 0.6 is 23.2 Å². The van der Waals surface area contributed by atoms with E-state index in [0.717, 1.165) is 0 Å². The number of carbonyl (C=O) groups excluding carboxylic acids is 1. The second-order valence-corrected chi connectivity index (χ2v) is 5.13. The minimum absolute atomic E-state index is 0.195. The third-order valence-electron chi connectivity index (χ3n) is 2.51. The van der Waals surface area contributed by atoms with E-state index in [1.54, 1.807) is 25.1 Å². The van der Waals surface area contributed by atoms with E-state index in [4.69, 9.17) is 23.2 Å². The van der Waals surface area contributed by atoms with Crippen LogP contribution in [0.1, 0.15) is 17.3 Å². The first-order valence-electron chi connectivity index (χ1n) is 4.86. The van der Waals surface area contributed by atoms with E-state index in [9.17, 15) is 9.90 Å². The van der Waals surface area contributed by atoms with E-state index in [2.05, 4.69) is 0 Å². The molecule has 0 spiro atoms. The molecule has 2 rings (SSSR count). The van der Waals surface area contributed by atoms with E-state index >= 15 is 0 Å². The highest BCUT2D eigenvalue weighted by atomic mass is 35.5. The van der Waals surface area contributed by atoms with Crippen LogP contribution in [-0.2, 0) is 0 Å². The minimum Gasteiger partial charge on any atom is -0.386 e. The van der Waals surface area contributed by atoms with Crippen LogP contribution in [0.15, 0.2) is 18.2 Å². The molecule has 1 aromatic carbocycles. The average Bonchev–Trinajstić information content (AvgIpc) is 2.17. The van der Waals surface area contributed by atoms with Gasteiger partial charge in [-0.3, -0.25) is 4.79 Å². The molecule has 0 aliphatic carbocycles. The predicted molar refractivity (Wildman–Crippen MR) is 63.0 cm³/mol. The molecule has 1 amide bonds. The van der Waals surface area contributed by atoms with Crippen LogP contribution in [0.5, 0.6) is 0 Å². The molecular weight excluding hydrogens is 249 g/mol. The molecule has 0 bridgehead atoms. The summed E-state index contributed by atoms with van der Waals surface area (Å²) in [6, 6.07) is 4.77. The molecule has 1 aromatic rings. The molecule has 1 heterocycles. The number of likely N-dealkylation sites (tertiary alicyclic amines) is 1. The molecule has 0 saturated carbocycles. The maximum atomic E-state index is 12.0. The van der Waals surface area contributed by atoms with Gasteiger partial charge in [-0.2, -0.15) is 0 Å². The fraction of sp³-hybridized carbons (Fsp3) is 0.364. The number of hydrogen-bond donors (Lipinski definition) is 1. The molecular formula is C11H11Cl2NO2. The summed E-state index contributed by atoms with van der Waals surface area (Å²) >= 11 is 11.7. The van der Waals surface area contributed by atoms with Crippen LogP contribution in [0.4, 0.5) is 0 Å². The number of nitrogens with zero attached hydrogens (tertiary/aromatic N) is 1. The van der Waals surface area contributed by atoms with E-state index in [0.29, 0.717) is 28.7 Å². The van der Waals surface area contributed by atoms with Crippen molar-refractivity contribution in [2.75, 3.05) is 13.1 Å². The molecule has 1 fully saturated rings. The Labute approximate surface area is 104 Å². The van der Waals surface area contributed by atoms with Gasteiger partial charge in [0.1, 0.15) is 0 Å². The summed E-state index contributed by atoms with van der Waals surface area (Å²) in [6.07, 6.45) is 0. The fourth-order valence-electron chi connectivity index (χ4n) is 1.75. The Kier molecular flexibility index (Phi) is 2.86. The Balaban J connectivity index is 2.19. The zero-order valence-electron chi connectivity index (χ0n) is 8.70. The van der Waals surface area contributed by atoms with Crippen molar-refractivity contribution in [2.45, 2.75) is 12.5 Å². The molecule has 1 saturated heterocycles. The number of β-amino-alcohol motifs (C(OH)–C–C–N with tert-alkyl or cyclic N) is 1. The molecule has 86 valence electrons. The lowest BCUT2D eigenvalue weighted by atomic mass is 9.96. The lowest BCUT2D eigenvalue weighted by Crippen LogP contribution is -2.61. The summed E-state index contributed by atoms with van der Waals surface area (Å²) in [5, 5.41) is 10.4. The molecule has 1 aliphatic rings. The normalized spacial score (nSPS) is 18.1. The molecule has 0 radical (unpaired) electrons. The van der Waals surface area contributed by atoms with Gasteiger partial charge in [0.25, 0.3) is 5.91 Å². The quantitative estimate of drug-likeness (QED) is 0.840. The molecule has 1 aliphatic heterocycles. The minimum atomic E-state index is -0.777. The zero-order chi connectivity index (χ0) is 11.9. The highest BCUT2D eigenvalue weighted by Gasteiger charge is 2.40. The van der Waals surface area contributed by atoms with Crippen LogP contribution in [0, 0.1) is 0 Å². The highest BCUT2D eigenvalue weighted by Crippen LogP contribution is 2.26. The van der Waals surface area contributed by atoms with E-state index in [1.807, 2.05) is 0 Å². The van der Waals surface area contributed by atoms with Crippen molar-refractivity contribution < 1.29 is 9.90 Å². The van der Waals surface area contributed by atoms with Gasteiger partial charge in [0.2, 0.25) is 0 Å². The van der Waals surface area contributed by atoms with Gasteiger partial charge in [-0.15, -0.1) is 0 Å². The lowest BCUT2D eigenvalue weighted by molar-refractivity contribution is -0.0668. The van der Waals surface area contributed by atoms with Crippen LogP contribution < -0.4 is 0 Å². The monoisotopic (exact) mass is 259 g/mol. The standard InChI is InChI=1S/C11H11Cl2NO2/c1-11(16)5-14(6-11)10(15)8-4-7(12)2-3-9(8)13/h2-4,16H,5-6H2,1H3. The van der Waals surface area contributed by atoms with Crippen molar-refractivity contribution in [1.82, 2.24) is 4.90 Å². The summed E-state index contributed by atoms with van der Waals surface area (Å²) in [6.45, 7) is 2.35. The smallest absolute Gasteiger partial charge is 0.255 e. The number of benzene rings is 1. The summed E-state index contributed by atoms with van der Waals surface area (Å²) in [4.78, 5) is 13.5. The maximum Gasteiger partial charge on any atom is 0.255 e. The second kappa shape index (κ2) is 3.91. The van der Waals surface area contributed by atoms with Crippen LogP contribution in [-0.4, -0.2) is 34.6 Å². The predicted octanol–water partition coefficient (Wildman–Crippen LogP) is 2.20. The van der Waals surface area contributed by atoms with Gasteiger partial charge in [-0.05, 0) is 25.1 Å². The van der Waals surface area contributed by atoms with Crippen molar-refractivity contribution in [3.8, 4) is 0 Å².